The van der Waals surface area contributed by atoms with Crippen LogP contribution in [0, 0.1) is 0 Å². The van der Waals surface area contributed by atoms with Gasteiger partial charge in [0.25, 0.3) is 5.91 Å². The van der Waals surface area contributed by atoms with E-state index in [1.807, 2.05) is 0 Å². The van der Waals surface area contributed by atoms with Gasteiger partial charge in [-0.25, -0.2) is 0 Å². The Balaban J connectivity index is 1.56. The third-order valence-electron chi connectivity index (χ3n) is 4.07. The number of nitrogens with one attached hydrogen (secondary N) is 2. The van der Waals surface area contributed by atoms with Crippen LogP contribution in [0.2, 0.25) is 5.02 Å². The zero-order chi connectivity index (χ0) is 19.2. The van der Waals surface area contributed by atoms with Crippen LogP contribution in [-0.2, 0) is 9.53 Å². The molecule has 0 saturated carbocycles. The predicted octanol–water partition coefficient (Wildman–Crippen LogP) is 3.63. The Morgan fingerprint density at radius 3 is 2.33 bits per heavy atom. The minimum absolute atomic E-state index is 0.0744. The predicted molar refractivity (Wildman–Crippen MR) is 109 cm³/mol. The second kappa shape index (κ2) is 9.32. The molecule has 8 heteroatoms. The molecule has 0 unspecified atom stereocenters. The first-order valence-electron chi connectivity index (χ1n) is 8.48. The molecule has 2 N–H and O–H groups in total. The number of anilines is 2. The number of ether oxygens (including phenoxy) is 1. The molecule has 0 atom stereocenters. The van der Waals surface area contributed by atoms with Crippen molar-refractivity contribution in [1.82, 2.24) is 4.90 Å². The van der Waals surface area contributed by atoms with Crippen LogP contribution in [0.3, 0.4) is 0 Å². The van der Waals surface area contributed by atoms with Crippen molar-refractivity contribution in [1.29, 1.82) is 0 Å². The van der Waals surface area contributed by atoms with Crippen LogP contribution >= 0.6 is 27.5 Å². The second-order valence-corrected chi connectivity index (χ2v) is 7.42. The molecule has 0 aliphatic carbocycles. The molecule has 1 heterocycles. The number of rotatable bonds is 5. The fraction of sp³-hybridized carbons (Fsp3) is 0.263. The van der Waals surface area contributed by atoms with Gasteiger partial charge in [-0.05, 0) is 42.5 Å². The topological polar surface area (TPSA) is 70.7 Å². The lowest BCUT2D eigenvalue weighted by Gasteiger charge is -2.25. The number of nitrogens with zero attached hydrogens (tertiary/aromatic N) is 1. The molecule has 27 heavy (non-hydrogen) atoms. The zero-order valence-electron chi connectivity index (χ0n) is 14.5. The molecule has 2 aromatic rings. The van der Waals surface area contributed by atoms with Gasteiger partial charge >= 0.3 is 0 Å². The molecular formula is C19H19BrClN3O3. The SMILES string of the molecule is O=C(CN1CCOCC1)Nc1ccc(NC(=O)c2cc(Br)ccc2Cl)cc1. The van der Waals surface area contributed by atoms with Crippen LogP contribution in [0.15, 0.2) is 46.9 Å². The average Bonchev–Trinajstić information content (AvgIpc) is 2.66. The van der Waals surface area contributed by atoms with Crippen LogP contribution in [0.5, 0.6) is 0 Å². The van der Waals surface area contributed by atoms with E-state index in [0.717, 1.165) is 17.6 Å². The van der Waals surface area contributed by atoms with E-state index in [-0.39, 0.29) is 11.8 Å². The Bertz CT molecular complexity index is 823. The standard InChI is InChI=1S/C19H19BrClN3O3/c20-13-1-6-17(21)16(11-13)19(26)23-15-4-2-14(3-5-15)22-18(25)12-24-7-9-27-10-8-24/h1-6,11H,7-10,12H2,(H,22,25)(H,23,26). The fourth-order valence-corrected chi connectivity index (χ4v) is 3.23. The smallest absolute Gasteiger partial charge is 0.257 e. The highest BCUT2D eigenvalue weighted by molar-refractivity contribution is 9.10. The van der Waals surface area contributed by atoms with Gasteiger partial charge in [0.2, 0.25) is 5.91 Å². The largest absolute Gasteiger partial charge is 0.379 e. The normalized spacial score (nSPS) is 14.6. The lowest BCUT2D eigenvalue weighted by atomic mass is 10.2. The van der Waals surface area contributed by atoms with Crippen molar-refractivity contribution >= 4 is 50.7 Å². The van der Waals surface area contributed by atoms with Gasteiger partial charge in [-0.2, -0.15) is 0 Å². The molecule has 142 valence electrons. The molecule has 0 aromatic heterocycles. The van der Waals surface area contributed by atoms with Gasteiger partial charge in [-0.3, -0.25) is 14.5 Å². The first kappa shape index (κ1) is 19.8. The molecular weight excluding hydrogens is 434 g/mol. The Morgan fingerprint density at radius 1 is 1.04 bits per heavy atom. The Labute approximate surface area is 171 Å². The van der Waals surface area contributed by atoms with E-state index >= 15 is 0 Å². The van der Waals surface area contributed by atoms with E-state index in [1.165, 1.54) is 0 Å². The molecule has 0 radical (unpaired) electrons. The number of morpholine rings is 1. The maximum Gasteiger partial charge on any atom is 0.257 e. The van der Waals surface area contributed by atoms with Gasteiger partial charge in [-0.15, -0.1) is 0 Å². The molecule has 0 spiro atoms. The minimum Gasteiger partial charge on any atom is -0.379 e. The summed E-state index contributed by atoms with van der Waals surface area (Å²) in [6, 6.07) is 12.0. The summed E-state index contributed by atoms with van der Waals surface area (Å²) in [5.74, 6) is -0.375. The van der Waals surface area contributed by atoms with Gasteiger partial charge < -0.3 is 15.4 Å². The summed E-state index contributed by atoms with van der Waals surface area (Å²) >= 11 is 9.41. The molecule has 1 aliphatic rings. The Kier molecular flexibility index (Phi) is 6.84. The van der Waals surface area contributed by atoms with Crippen LogP contribution < -0.4 is 10.6 Å². The van der Waals surface area contributed by atoms with Gasteiger partial charge in [0.1, 0.15) is 0 Å². The van der Waals surface area contributed by atoms with Gasteiger partial charge in [-0.1, -0.05) is 27.5 Å². The summed E-state index contributed by atoms with van der Waals surface area (Å²) in [7, 11) is 0. The molecule has 2 aromatic carbocycles. The maximum absolute atomic E-state index is 12.4. The molecule has 1 saturated heterocycles. The highest BCUT2D eigenvalue weighted by Gasteiger charge is 2.14. The number of benzene rings is 2. The van der Waals surface area contributed by atoms with E-state index in [1.54, 1.807) is 42.5 Å². The second-order valence-electron chi connectivity index (χ2n) is 6.09. The van der Waals surface area contributed by atoms with Crippen molar-refractivity contribution in [3.05, 3.63) is 57.5 Å². The summed E-state index contributed by atoms with van der Waals surface area (Å²) in [5.41, 5.74) is 1.67. The number of hydrogen-bond acceptors (Lipinski definition) is 4. The van der Waals surface area contributed by atoms with E-state index in [2.05, 4.69) is 31.5 Å². The van der Waals surface area contributed by atoms with E-state index in [4.69, 9.17) is 16.3 Å². The van der Waals surface area contributed by atoms with Crippen LogP contribution in [0.1, 0.15) is 10.4 Å². The highest BCUT2D eigenvalue weighted by Crippen LogP contribution is 2.22. The number of carbonyl (C=O) groups excluding carboxylic acids is 2. The first-order valence-corrected chi connectivity index (χ1v) is 9.65. The maximum atomic E-state index is 12.4. The quantitative estimate of drug-likeness (QED) is 0.727. The lowest BCUT2D eigenvalue weighted by molar-refractivity contribution is -0.118. The first-order chi connectivity index (χ1) is 13.0. The Hall–Kier alpha value is -1.93. The van der Waals surface area contributed by atoms with Crippen molar-refractivity contribution in [3.63, 3.8) is 0 Å². The van der Waals surface area contributed by atoms with Gasteiger partial charge in [0.05, 0.1) is 30.3 Å². The van der Waals surface area contributed by atoms with Gasteiger partial charge in [0, 0.05) is 28.9 Å². The summed E-state index contributed by atoms with van der Waals surface area (Å²) < 4.78 is 6.04. The number of halogens is 2. The highest BCUT2D eigenvalue weighted by atomic mass is 79.9. The molecule has 0 bridgehead atoms. The van der Waals surface area contributed by atoms with Crippen molar-refractivity contribution in [3.8, 4) is 0 Å². The van der Waals surface area contributed by atoms with Crippen molar-refractivity contribution in [2.24, 2.45) is 0 Å². The number of amides is 2. The lowest BCUT2D eigenvalue weighted by Crippen LogP contribution is -2.41. The summed E-state index contributed by atoms with van der Waals surface area (Å²) in [4.78, 5) is 26.5. The van der Waals surface area contributed by atoms with E-state index in [9.17, 15) is 9.59 Å². The third-order valence-corrected chi connectivity index (χ3v) is 4.89. The third kappa shape index (κ3) is 5.77. The van der Waals surface area contributed by atoms with E-state index < -0.39 is 0 Å². The molecule has 1 fully saturated rings. The molecule has 2 amide bonds. The zero-order valence-corrected chi connectivity index (χ0v) is 16.8. The average molecular weight is 453 g/mol. The molecule has 3 rings (SSSR count). The van der Waals surface area contributed by atoms with E-state index in [0.29, 0.717) is 41.7 Å². The minimum atomic E-state index is -0.301. The Morgan fingerprint density at radius 2 is 1.67 bits per heavy atom. The summed E-state index contributed by atoms with van der Waals surface area (Å²) in [6.07, 6.45) is 0. The molecule has 1 aliphatic heterocycles. The summed E-state index contributed by atoms with van der Waals surface area (Å²) in [5, 5.41) is 6.03. The fourth-order valence-electron chi connectivity index (χ4n) is 2.67. The van der Waals surface area contributed by atoms with Crippen LogP contribution in [0.4, 0.5) is 11.4 Å². The molecule has 6 nitrogen and oxygen atoms in total. The van der Waals surface area contributed by atoms with Gasteiger partial charge in [0.15, 0.2) is 0 Å². The number of carbonyl (C=O) groups is 2. The van der Waals surface area contributed by atoms with Crippen molar-refractivity contribution in [2.45, 2.75) is 0 Å². The summed E-state index contributed by atoms with van der Waals surface area (Å²) in [6.45, 7) is 3.17. The number of hydrogen-bond donors (Lipinski definition) is 2. The van der Waals surface area contributed by atoms with Crippen molar-refractivity contribution < 1.29 is 14.3 Å². The van der Waals surface area contributed by atoms with Crippen molar-refractivity contribution in [2.75, 3.05) is 43.5 Å². The van der Waals surface area contributed by atoms with Crippen LogP contribution in [0.25, 0.3) is 0 Å². The monoisotopic (exact) mass is 451 g/mol. The van der Waals surface area contributed by atoms with Crippen LogP contribution in [-0.4, -0.2) is 49.6 Å².